The molecule has 0 nitrogen and oxygen atoms in total. The number of allylic oxidation sites excluding steroid dienone is 2. The summed E-state index contributed by atoms with van der Waals surface area (Å²) in [6.07, 6.45) is 10.3. The van der Waals surface area contributed by atoms with Gasteiger partial charge in [0.25, 0.3) is 0 Å². The molecule has 0 fully saturated rings. The molecule has 0 rings (SSSR count). The molecule has 0 aliphatic heterocycles. The number of hydrogen-bond acceptors (Lipinski definition) is 0. The van der Waals surface area contributed by atoms with E-state index in [0.29, 0.717) is 5.41 Å². The minimum Gasteiger partial charge on any atom is -0.0851 e. The Morgan fingerprint density at radius 3 is 2.29 bits per heavy atom. The van der Waals surface area contributed by atoms with Gasteiger partial charge in [0.1, 0.15) is 0 Å². The van der Waals surface area contributed by atoms with Crippen molar-refractivity contribution in [2.45, 2.75) is 73.1 Å². The van der Waals surface area contributed by atoms with Crippen molar-refractivity contribution in [3.8, 4) is 0 Å². The van der Waals surface area contributed by atoms with Gasteiger partial charge >= 0.3 is 0 Å². The van der Waals surface area contributed by atoms with Crippen LogP contribution >= 0.6 is 0 Å². The molecule has 0 spiro atoms. The van der Waals surface area contributed by atoms with Crippen molar-refractivity contribution in [3.05, 3.63) is 11.6 Å². The maximum Gasteiger partial charge on any atom is -0.0296 e. The maximum atomic E-state index is 2.44. The van der Waals surface area contributed by atoms with Gasteiger partial charge in [-0.2, -0.15) is 0 Å². The predicted molar refractivity (Wildman–Crippen MR) is 66.6 cm³/mol. The van der Waals surface area contributed by atoms with E-state index in [-0.39, 0.29) is 0 Å². The van der Waals surface area contributed by atoms with Crippen molar-refractivity contribution in [1.29, 1.82) is 0 Å². The maximum absolute atomic E-state index is 2.44. The topological polar surface area (TPSA) is 0 Å². The Hall–Kier alpha value is -0.260. The fourth-order valence-corrected chi connectivity index (χ4v) is 1.70. The van der Waals surface area contributed by atoms with Crippen LogP contribution in [-0.4, -0.2) is 0 Å². The molecule has 0 heteroatoms. The summed E-state index contributed by atoms with van der Waals surface area (Å²) < 4.78 is 0. The minimum atomic E-state index is 0.505. The predicted octanol–water partition coefficient (Wildman–Crippen LogP) is 5.34. The summed E-state index contributed by atoms with van der Waals surface area (Å²) in [5.74, 6) is 0. The van der Waals surface area contributed by atoms with Crippen LogP contribution in [0.15, 0.2) is 11.6 Å². The highest BCUT2D eigenvalue weighted by molar-refractivity contribution is 4.99. The van der Waals surface area contributed by atoms with E-state index in [1.807, 2.05) is 0 Å². The van der Waals surface area contributed by atoms with E-state index in [1.54, 1.807) is 5.57 Å². The van der Waals surface area contributed by atoms with E-state index < -0.39 is 0 Å². The molecule has 0 N–H and O–H groups in total. The van der Waals surface area contributed by atoms with Crippen molar-refractivity contribution < 1.29 is 0 Å². The quantitative estimate of drug-likeness (QED) is 0.482. The second kappa shape index (κ2) is 7.09. The van der Waals surface area contributed by atoms with Crippen LogP contribution in [0.2, 0.25) is 0 Å². The molecule has 0 saturated carbocycles. The van der Waals surface area contributed by atoms with Crippen LogP contribution in [0, 0.1) is 5.41 Å². The van der Waals surface area contributed by atoms with Gasteiger partial charge in [-0.3, -0.25) is 0 Å². The highest BCUT2D eigenvalue weighted by atomic mass is 14.2. The molecular weight excluding hydrogens is 168 g/mol. The lowest BCUT2D eigenvalue weighted by Crippen LogP contribution is -2.09. The molecule has 0 heterocycles. The normalized spacial score (nSPS) is 13.4. The van der Waals surface area contributed by atoms with Crippen molar-refractivity contribution in [2.24, 2.45) is 5.41 Å². The van der Waals surface area contributed by atoms with Crippen LogP contribution in [-0.2, 0) is 0 Å². The zero-order chi connectivity index (χ0) is 11.0. The lowest BCUT2D eigenvalue weighted by Gasteiger charge is -2.22. The third kappa shape index (κ3) is 7.17. The first-order valence-electron chi connectivity index (χ1n) is 6.17. The van der Waals surface area contributed by atoms with Gasteiger partial charge in [-0.25, -0.2) is 0 Å². The summed E-state index contributed by atoms with van der Waals surface area (Å²) in [7, 11) is 0. The van der Waals surface area contributed by atoms with Gasteiger partial charge < -0.3 is 0 Å². The first-order chi connectivity index (χ1) is 6.52. The average Bonchev–Trinajstić information content (AvgIpc) is 2.13. The van der Waals surface area contributed by atoms with Crippen LogP contribution in [0.4, 0.5) is 0 Å². The Morgan fingerprint density at radius 1 is 1.14 bits per heavy atom. The third-order valence-electron chi connectivity index (χ3n) is 2.85. The summed E-state index contributed by atoms with van der Waals surface area (Å²) in [6.45, 7) is 11.6. The van der Waals surface area contributed by atoms with E-state index in [1.165, 1.54) is 38.5 Å². The van der Waals surface area contributed by atoms with E-state index >= 15 is 0 Å². The minimum absolute atomic E-state index is 0.505. The molecule has 84 valence electrons. The fraction of sp³-hybridized carbons (Fsp3) is 0.857. The van der Waals surface area contributed by atoms with Crippen LogP contribution in [0.5, 0.6) is 0 Å². The van der Waals surface area contributed by atoms with Crippen molar-refractivity contribution >= 4 is 0 Å². The molecule has 0 aromatic rings. The Bertz CT molecular complexity index is 163. The monoisotopic (exact) mass is 196 g/mol. The zero-order valence-electron chi connectivity index (χ0n) is 10.8. The highest BCUT2D eigenvalue weighted by Gasteiger charge is 2.14. The second-order valence-electron chi connectivity index (χ2n) is 5.27. The molecule has 0 atom stereocenters. The zero-order valence-corrected chi connectivity index (χ0v) is 10.8. The lowest BCUT2D eigenvalue weighted by atomic mass is 9.83. The summed E-state index contributed by atoms with van der Waals surface area (Å²) in [6, 6.07) is 0. The first-order valence-corrected chi connectivity index (χ1v) is 6.17. The van der Waals surface area contributed by atoms with Crippen molar-refractivity contribution in [2.75, 3.05) is 0 Å². The van der Waals surface area contributed by atoms with Gasteiger partial charge in [0.05, 0.1) is 0 Å². The van der Waals surface area contributed by atoms with E-state index in [9.17, 15) is 0 Å². The Morgan fingerprint density at radius 2 is 1.79 bits per heavy atom. The molecule has 0 unspecified atom stereocenters. The van der Waals surface area contributed by atoms with Crippen molar-refractivity contribution in [3.63, 3.8) is 0 Å². The van der Waals surface area contributed by atoms with Gasteiger partial charge in [-0.1, -0.05) is 58.6 Å². The standard InChI is InChI=1S/C14H28/c1-6-8-11-14(4,5)12-10-13(3)9-7-2/h10H,6-9,11-12H2,1-5H3. The second-order valence-corrected chi connectivity index (χ2v) is 5.27. The van der Waals surface area contributed by atoms with Gasteiger partial charge in [0.15, 0.2) is 0 Å². The molecule has 0 bridgehead atoms. The number of hydrogen-bond donors (Lipinski definition) is 0. The Kier molecular flexibility index (Phi) is 6.96. The van der Waals surface area contributed by atoms with Crippen LogP contribution in [0.1, 0.15) is 73.1 Å². The van der Waals surface area contributed by atoms with Crippen LogP contribution < -0.4 is 0 Å². The lowest BCUT2D eigenvalue weighted by molar-refractivity contribution is 0.327. The van der Waals surface area contributed by atoms with Gasteiger partial charge in [-0.05, 0) is 31.6 Å². The Labute approximate surface area is 90.8 Å². The third-order valence-corrected chi connectivity index (χ3v) is 2.85. The summed E-state index contributed by atoms with van der Waals surface area (Å²) in [5.41, 5.74) is 2.07. The molecule has 0 amide bonds. The molecule has 14 heavy (non-hydrogen) atoms. The van der Waals surface area contributed by atoms with Gasteiger partial charge in [0.2, 0.25) is 0 Å². The first kappa shape index (κ1) is 13.7. The van der Waals surface area contributed by atoms with E-state index in [2.05, 4.69) is 40.7 Å². The summed E-state index contributed by atoms with van der Waals surface area (Å²) in [5, 5.41) is 0. The van der Waals surface area contributed by atoms with Crippen LogP contribution in [0.25, 0.3) is 0 Å². The summed E-state index contributed by atoms with van der Waals surface area (Å²) in [4.78, 5) is 0. The SMILES string of the molecule is CCCCC(C)(C)CC=C(C)CCC. The molecule has 0 aromatic carbocycles. The van der Waals surface area contributed by atoms with Crippen molar-refractivity contribution in [1.82, 2.24) is 0 Å². The summed E-state index contributed by atoms with van der Waals surface area (Å²) >= 11 is 0. The van der Waals surface area contributed by atoms with E-state index in [4.69, 9.17) is 0 Å². The Balaban J connectivity index is 3.89. The fourth-order valence-electron chi connectivity index (χ4n) is 1.70. The number of unbranched alkanes of at least 4 members (excludes halogenated alkanes) is 1. The molecule has 0 radical (unpaired) electrons. The van der Waals surface area contributed by atoms with Gasteiger partial charge in [0, 0.05) is 0 Å². The average molecular weight is 196 g/mol. The van der Waals surface area contributed by atoms with E-state index in [0.717, 1.165) is 0 Å². The van der Waals surface area contributed by atoms with Crippen LogP contribution in [0.3, 0.4) is 0 Å². The largest absolute Gasteiger partial charge is 0.0851 e. The molecule has 0 aromatic heterocycles. The highest BCUT2D eigenvalue weighted by Crippen LogP contribution is 2.28. The van der Waals surface area contributed by atoms with Gasteiger partial charge in [-0.15, -0.1) is 0 Å². The molecule has 0 aliphatic rings. The molecule has 0 saturated heterocycles. The molecule has 0 aliphatic carbocycles. The smallest absolute Gasteiger partial charge is 0.0296 e. The molecular formula is C14H28. The number of rotatable bonds is 7.